The lowest BCUT2D eigenvalue weighted by molar-refractivity contribution is 0.0698. The third kappa shape index (κ3) is 2.07. The maximum absolute atomic E-state index is 11.1. The van der Waals surface area contributed by atoms with Crippen molar-refractivity contribution in [3.8, 4) is 5.75 Å². The number of rotatable bonds is 3. The molecule has 0 radical (unpaired) electrons. The molecule has 0 saturated heterocycles. The lowest BCUT2D eigenvalue weighted by Crippen LogP contribution is -2.02. The lowest BCUT2D eigenvalue weighted by atomic mass is 10.1. The summed E-state index contributed by atoms with van der Waals surface area (Å²) in [6.07, 6.45) is 2.24. The summed E-state index contributed by atoms with van der Waals surface area (Å²) in [5, 5.41) is 26.3. The Balaban J connectivity index is 2.03. The van der Waals surface area contributed by atoms with Gasteiger partial charge in [0.05, 0.1) is 0 Å². The van der Waals surface area contributed by atoms with Gasteiger partial charge in [-0.3, -0.25) is 4.40 Å². The van der Waals surface area contributed by atoms with Gasteiger partial charge in [-0.15, -0.1) is 10.2 Å². The third-order valence-electron chi connectivity index (χ3n) is 3.03. The summed E-state index contributed by atoms with van der Waals surface area (Å²) in [5.74, 6) is -0.180. The number of hydrogen-bond acceptors (Lipinski definition) is 4. The van der Waals surface area contributed by atoms with Crippen molar-refractivity contribution >= 4 is 11.6 Å². The zero-order valence-electron chi connectivity index (χ0n) is 10.4. The third-order valence-corrected chi connectivity index (χ3v) is 3.03. The summed E-state index contributed by atoms with van der Waals surface area (Å²) in [4.78, 5) is 11.1. The number of aromatic hydroxyl groups is 1. The highest BCUT2D eigenvalue weighted by atomic mass is 16.4. The first-order valence-corrected chi connectivity index (χ1v) is 5.99. The molecule has 2 heterocycles. The number of fused-ring (bicyclic) bond motifs is 1. The van der Waals surface area contributed by atoms with Crippen LogP contribution < -0.4 is 0 Å². The normalized spacial score (nSPS) is 10.8. The van der Waals surface area contributed by atoms with E-state index in [0.717, 1.165) is 5.56 Å². The maximum atomic E-state index is 11.1. The van der Waals surface area contributed by atoms with Crippen molar-refractivity contribution in [3.63, 3.8) is 0 Å². The van der Waals surface area contributed by atoms with Gasteiger partial charge >= 0.3 is 5.97 Å². The van der Waals surface area contributed by atoms with Crippen LogP contribution in [0.4, 0.5) is 0 Å². The van der Waals surface area contributed by atoms with Gasteiger partial charge in [-0.2, -0.15) is 0 Å². The molecule has 100 valence electrons. The molecular weight excluding hydrogens is 258 g/mol. The molecule has 0 fully saturated rings. The number of hydrogen-bond donors (Lipinski definition) is 2. The highest BCUT2D eigenvalue weighted by molar-refractivity contribution is 5.94. The standard InChI is InChI=1S/C14H11N3O3/c18-10-5-3-9(4-6-10)8-12-15-16-13-11(14(19)20)2-1-7-17(12)13/h1-7,18H,8H2,(H,19,20). The van der Waals surface area contributed by atoms with Crippen LogP contribution in [-0.2, 0) is 6.42 Å². The fourth-order valence-electron chi connectivity index (χ4n) is 2.05. The van der Waals surface area contributed by atoms with E-state index < -0.39 is 5.97 Å². The van der Waals surface area contributed by atoms with E-state index in [2.05, 4.69) is 10.2 Å². The van der Waals surface area contributed by atoms with Crippen LogP contribution in [0.2, 0.25) is 0 Å². The van der Waals surface area contributed by atoms with E-state index in [4.69, 9.17) is 5.11 Å². The Morgan fingerprint density at radius 1 is 1.15 bits per heavy atom. The van der Waals surface area contributed by atoms with E-state index in [1.165, 1.54) is 6.07 Å². The summed E-state index contributed by atoms with van der Waals surface area (Å²) in [5.41, 5.74) is 1.41. The van der Waals surface area contributed by atoms with Gasteiger partial charge in [-0.1, -0.05) is 12.1 Å². The molecule has 6 heteroatoms. The minimum absolute atomic E-state index is 0.122. The number of aromatic carboxylic acids is 1. The summed E-state index contributed by atoms with van der Waals surface area (Å²) >= 11 is 0. The number of carboxylic acid groups (broad SMARTS) is 1. The number of phenolic OH excluding ortho intramolecular Hbond substituents is 1. The molecule has 0 aliphatic carbocycles. The van der Waals surface area contributed by atoms with Gasteiger partial charge in [0.1, 0.15) is 17.1 Å². The van der Waals surface area contributed by atoms with Crippen molar-refractivity contribution in [2.75, 3.05) is 0 Å². The topological polar surface area (TPSA) is 87.7 Å². The van der Waals surface area contributed by atoms with Gasteiger partial charge in [0.15, 0.2) is 5.65 Å². The molecule has 2 N–H and O–H groups in total. The van der Waals surface area contributed by atoms with Gasteiger partial charge in [-0.05, 0) is 29.8 Å². The zero-order valence-corrected chi connectivity index (χ0v) is 10.4. The molecule has 0 unspecified atom stereocenters. The largest absolute Gasteiger partial charge is 0.508 e. The van der Waals surface area contributed by atoms with Gasteiger partial charge < -0.3 is 10.2 Å². The van der Waals surface area contributed by atoms with Crippen LogP contribution in [0.1, 0.15) is 21.7 Å². The Hall–Kier alpha value is -2.89. The average molecular weight is 269 g/mol. The Labute approximate surface area is 113 Å². The highest BCUT2D eigenvalue weighted by Gasteiger charge is 2.13. The van der Waals surface area contributed by atoms with E-state index in [0.29, 0.717) is 17.9 Å². The molecule has 0 amide bonds. The van der Waals surface area contributed by atoms with Crippen LogP contribution in [-0.4, -0.2) is 30.8 Å². The van der Waals surface area contributed by atoms with E-state index >= 15 is 0 Å². The molecule has 0 saturated carbocycles. The minimum atomic E-state index is -1.03. The SMILES string of the molecule is O=C(O)c1cccn2c(Cc3ccc(O)cc3)nnc12. The van der Waals surface area contributed by atoms with E-state index in [1.54, 1.807) is 40.9 Å². The van der Waals surface area contributed by atoms with E-state index in [-0.39, 0.29) is 11.3 Å². The Kier molecular flexibility index (Phi) is 2.83. The Bertz CT molecular complexity index is 778. The van der Waals surface area contributed by atoms with Gasteiger partial charge in [0.2, 0.25) is 0 Å². The number of nitrogens with zero attached hydrogens (tertiary/aromatic N) is 3. The Morgan fingerprint density at radius 3 is 2.60 bits per heavy atom. The van der Waals surface area contributed by atoms with Crippen LogP contribution in [0, 0.1) is 0 Å². The van der Waals surface area contributed by atoms with Crippen molar-refractivity contribution in [1.82, 2.24) is 14.6 Å². The number of carboxylic acids is 1. The van der Waals surface area contributed by atoms with Crippen molar-refractivity contribution in [2.24, 2.45) is 0 Å². The fraction of sp³-hybridized carbons (Fsp3) is 0.0714. The maximum Gasteiger partial charge on any atom is 0.339 e. The smallest absolute Gasteiger partial charge is 0.339 e. The molecule has 3 aromatic rings. The van der Waals surface area contributed by atoms with Gasteiger partial charge in [-0.25, -0.2) is 4.79 Å². The van der Waals surface area contributed by atoms with Crippen molar-refractivity contribution < 1.29 is 15.0 Å². The molecule has 0 spiro atoms. The molecule has 20 heavy (non-hydrogen) atoms. The first kappa shape index (κ1) is 12.2. The fourth-order valence-corrected chi connectivity index (χ4v) is 2.05. The second-order valence-electron chi connectivity index (χ2n) is 4.38. The van der Waals surface area contributed by atoms with Crippen LogP contribution in [0.3, 0.4) is 0 Å². The summed E-state index contributed by atoms with van der Waals surface area (Å²) in [6, 6.07) is 9.92. The highest BCUT2D eigenvalue weighted by Crippen LogP contribution is 2.15. The predicted octanol–water partition coefficient (Wildman–Crippen LogP) is 1.72. The van der Waals surface area contributed by atoms with Crippen LogP contribution >= 0.6 is 0 Å². The van der Waals surface area contributed by atoms with Crippen molar-refractivity contribution in [2.45, 2.75) is 6.42 Å². The minimum Gasteiger partial charge on any atom is -0.508 e. The van der Waals surface area contributed by atoms with E-state index in [9.17, 15) is 9.90 Å². The molecule has 0 aliphatic heterocycles. The second kappa shape index (κ2) is 4.65. The number of aromatic nitrogens is 3. The van der Waals surface area contributed by atoms with Crippen LogP contribution in [0.25, 0.3) is 5.65 Å². The first-order valence-electron chi connectivity index (χ1n) is 5.99. The van der Waals surface area contributed by atoms with E-state index in [1.807, 2.05) is 0 Å². The quantitative estimate of drug-likeness (QED) is 0.756. The first-order chi connectivity index (χ1) is 9.65. The number of pyridine rings is 1. The molecule has 0 bridgehead atoms. The number of carbonyl (C=O) groups is 1. The number of benzene rings is 1. The monoisotopic (exact) mass is 269 g/mol. The predicted molar refractivity (Wildman–Crippen MR) is 70.9 cm³/mol. The average Bonchev–Trinajstić information content (AvgIpc) is 2.84. The molecule has 0 aliphatic rings. The van der Waals surface area contributed by atoms with Crippen molar-refractivity contribution in [1.29, 1.82) is 0 Å². The molecule has 3 rings (SSSR count). The summed E-state index contributed by atoms with van der Waals surface area (Å²) in [6.45, 7) is 0. The zero-order chi connectivity index (χ0) is 14.1. The molecule has 1 aromatic carbocycles. The molecule has 6 nitrogen and oxygen atoms in total. The summed E-state index contributed by atoms with van der Waals surface area (Å²) < 4.78 is 1.66. The number of phenols is 1. The molecular formula is C14H11N3O3. The van der Waals surface area contributed by atoms with Gasteiger partial charge in [0.25, 0.3) is 0 Å². The van der Waals surface area contributed by atoms with Gasteiger partial charge in [0, 0.05) is 12.6 Å². The summed E-state index contributed by atoms with van der Waals surface area (Å²) in [7, 11) is 0. The second-order valence-corrected chi connectivity index (χ2v) is 4.38. The van der Waals surface area contributed by atoms with Crippen LogP contribution in [0.15, 0.2) is 42.6 Å². The lowest BCUT2D eigenvalue weighted by Gasteiger charge is -2.02. The molecule has 2 aromatic heterocycles. The Morgan fingerprint density at radius 2 is 1.90 bits per heavy atom. The molecule has 0 atom stereocenters. The van der Waals surface area contributed by atoms with Crippen molar-refractivity contribution in [3.05, 3.63) is 59.5 Å². The van der Waals surface area contributed by atoms with Crippen LogP contribution in [0.5, 0.6) is 5.75 Å².